The van der Waals surface area contributed by atoms with Crippen LogP contribution in [0.15, 0.2) is 24.7 Å². The molecule has 0 saturated carbocycles. The van der Waals surface area contributed by atoms with Crippen LogP contribution in [0, 0.1) is 0 Å². The lowest BCUT2D eigenvalue weighted by Gasteiger charge is -2.36. The van der Waals surface area contributed by atoms with Crippen molar-refractivity contribution in [3.05, 3.63) is 24.7 Å². The summed E-state index contributed by atoms with van der Waals surface area (Å²) in [5.41, 5.74) is 0.920. The van der Waals surface area contributed by atoms with E-state index in [1.54, 1.807) is 16.9 Å². The number of likely N-dealkylation sites (N-methyl/N-ethyl adjacent to an activating group) is 1. The lowest BCUT2D eigenvalue weighted by molar-refractivity contribution is -0.122. The Labute approximate surface area is 117 Å². The highest BCUT2D eigenvalue weighted by Crippen LogP contribution is 2.21. The highest BCUT2D eigenvalue weighted by molar-refractivity contribution is 5.87. The number of anilines is 1. The molecule has 1 unspecified atom stereocenters. The van der Waals surface area contributed by atoms with Crippen LogP contribution in [-0.4, -0.2) is 52.7 Å². The van der Waals surface area contributed by atoms with Crippen LogP contribution >= 0.6 is 0 Å². The van der Waals surface area contributed by atoms with Gasteiger partial charge in [-0.2, -0.15) is 5.10 Å². The second-order valence-corrected chi connectivity index (χ2v) is 4.72. The van der Waals surface area contributed by atoms with E-state index in [1.165, 1.54) is 0 Å². The Morgan fingerprint density at radius 2 is 2.45 bits per heavy atom. The normalized spacial score (nSPS) is 19.2. The van der Waals surface area contributed by atoms with Crippen molar-refractivity contribution >= 4 is 17.2 Å². The molecule has 0 radical (unpaired) electrons. The van der Waals surface area contributed by atoms with Gasteiger partial charge in [0, 0.05) is 38.6 Å². The molecule has 106 valence electrons. The maximum atomic E-state index is 12.2. The number of amides is 1. The topological polar surface area (TPSA) is 74.6 Å². The number of hydrogen-bond acceptors (Lipinski definition) is 5. The van der Waals surface area contributed by atoms with Crippen molar-refractivity contribution in [2.75, 3.05) is 31.1 Å². The maximum Gasteiger partial charge on any atom is 0.244 e. The van der Waals surface area contributed by atoms with Crippen molar-refractivity contribution in [1.29, 1.82) is 0 Å². The second kappa shape index (κ2) is 5.46. The summed E-state index contributed by atoms with van der Waals surface area (Å²) in [7, 11) is 0. The average Bonchev–Trinajstić information content (AvgIpc) is 2.96. The van der Waals surface area contributed by atoms with Crippen LogP contribution < -0.4 is 15.5 Å². The average molecular weight is 274 g/mol. The molecule has 1 aliphatic heterocycles. The van der Waals surface area contributed by atoms with Crippen molar-refractivity contribution < 1.29 is 4.79 Å². The van der Waals surface area contributed by atoms with E-state index in [-0.39, 0.29) is 11.9 Å². The first-order valence-electron chi connectivity index (χ1n) is 6.84. The van der Waals surface area contributed by atoms with Crippen molar-refractivity contribution in [2.45, 2.75) is 13.0 Å². The lowest BCUT2D eigenvalue weighted by atomic mass is 10.1. The molecule has 1 saturated heterocycles. The van der Waals surface area contributed by atoms with Gasteiger partial charge in [-0.25, -0.2) is 9.50 Å². The summed E-state index contributed by atoms with van der Waals surface area (Å²) in [6.45, 7) is 4.77. The van der Waals surface area contributed by atoms with E-state index in [4.69, 9.17) is 0 Å². The first kappa shape index (κ1) is 12.9. The lowest BCUT2D eigenvalue weighted by Crippen LogP contribution is -2.58. The molecule has 1 fully saturated rings. The third-order valence-electron chi connectivity index (χ3n) is 3.47. The van der Waals surface area contributed by atoms with E-state index < -0.39 is 0 Å². The van der Waals surface area contributed by atoms with Crippen LogP contribution in [0.25, 0.3) is 5.52 Å². The summed E-state index contributed by atoms with van der Waals surface area (Å²) in [4.78, 5) is 18.7. The van der Waals surface area contributed by atoms with Crippen LogP contribution in [0.5, 0.6) is 0 Å². The highest BCUT2D eigenvalue weighted by Gasteiger charge is 2.30. The van der Waals surface area contributed by atoms with Gasteiger partial charge in [-0.15, -0.1) is 0 Å². The van der Waals surface area contributed by atoms with Crippen LogP contribution in [-0.2, 0) is 4.79 Å². The molecule has 3 rings (SSSR count). The van der Waals surface area contributed by atoms with Gasteiger partial charge in [0.05, 0.1) is 6.20 Å². The number of nitrogens with zero attached hydrogens (tertiary/aromatic N) is 4. The summed E-state index contributed by atoms with van der Waals surface area (Å²) in [5.74, 6) is 0.839. The summed E-state index contributed by atoms with van der Waals surface area (Å²) in [5, 5.41) is 10.4. The number of aromatic nitrogens is 3. The molecule has 3 heterocycles. The van der Waals surface area contributed by atoms with Gasteiger partial charge < -0.3 is 15.5 Å². The Bertz CT molecular complexity index is 610. The van der Waals surface area contributed by atoms with E-state index in [0.717, 1.165) is 24.4 Å². The van der Waals surface area contributed by atoms with Gasteiger partial charge >= 0.3 is 0 Å². The van der Waals surface area contributed by atoms with Gasteiger partial charge in [0.25, 0.3) is 0 Å². The Morgan fingerprint density at radius 3 is 3.30 bits per heavy atom. The van der Waals surface area contributed by atoms with Crippen LogP contribution in [0.3, 0.4) is 0 Å². The Kier molecular flexibility index (Phi) is 3.51. The monoisotopic (exact) mass is 274 g/mol. The SMILES string of the molecule is CCNC(=O)C1CNCCN1c1nccn2nccc12. The smallest absolute Gasteiger partial charge is 0.244 e. The number of rotatable bonds is 3. The molecule has 0 bridgehead atoms. The molecule has 2 aromatic heterocycles. The molecule has 2 N–H and O–H groups in total. The molecule has 7 nitrogen and oxygen atoms in total. The molecule has 0 aromatic carbocycles. The van der Waals surface area contributed by atoms with E-state index >= 15 is 0 Å². The molecular formula is C13H18N6O. The Balaban J connectivity index is 1.97. The minimum Gasteiger partial charge on any atom is -0.355 e. The summed E-state index contributed by atoms with van der Waals surface area (Å²) < 4.78 is 1.78. The number of piperazine rings is 1. The number of carbonyl (C=O) groups excluding carboxylic acids is 1. The molecule has 7 heteroatoms. The molecule has 20 heavy (non-hydrogen) atoms. The van der Waals surface area contributed by atoms with E-state index in [2.05, 4.69) is 25.6 Å². The molecule has 0 aliphatic carbocycles. The predicted molar refractivity (Wildman–Crippen MR) is 75.7 cm³/mol. The fourth-order valence-corrected chi connectivity index (χ4v) is 2.55. The van der Waals surface area contributed by atoms with Gasteiger partial charge in [0.15, 0.2) is 5.82 Å². The third-order valence-corrected chi connectivity index (χ3v) is 3.47. The third kappa shape index (κ3) is 2.20. The zero-order valence-corrected chi connectivity index (χ0v) is 11.4. The van der Waals surface area contributed by atoms with E-state index in [0.29, 0.717) is 13.1 Å². The highest BCUT2D eigenvalue weighted by atomic mass is 16.2. The first-order valence-corrected chi connectivity index (χ1v) is 6.84. The van der Waals surface area contributed by atoms with Gasteiger partial charge in [-0.3, -0.25) is 4.79 Å². The van der Waals surface area contributed by atoms with Crippen LogP contribution in [0.2, 0.25) is 0 Å². The zero-order chi connectivity index (χ0) is 13.9. The summed E-state index contributed by atoms with van der Waals surface area (Å²) in [6.07, 6.45) is 5.26. The maximum absolute atomic E-state index is 12.2. The number of carbonyl (C=O) groups is 1. The van der Waals surface area contributed by atoms with Crippen LogP contribution in [0.4, 0.5) is 5.82 Å². The Morgan fingerprint density at radius 1 is 1.55 bits per heavy atom. The molecule has 0 spiro atoms. The number of nitrogens with one attached hydrogen (secondary N) is 2. The van der Waals surface area contributed by atoms with Crippen molar-refractivity contribution in [1.82, 2.24) is 25.2 Å². The summed E-state index contributed by atoms with van der Waals surface area (Å²) >= 11 is 0. The minimum absolute atomic E-state index is 0.0306. The first-order chi connectivity index (χ1) is 9.81. The Hall–Kier alpha value is -2.15. The van der Waals surface area contributed by atoms with Crippen molar-refractivity contribution in [3.8, 4) is 0 Å². The number of hydrogen-bond donors (Lipinski definition) is 2. The zero-order valence-electron chi connectivity index (χ0n) is 11.4. The number of fused-ring (bicyclic) bond motifs is 1. The van der Waals surface area contributed by atoms with E-state index in [9.17, 15) is 4.79 Å². The van der Waals surface area contributed by atoms with Gasteiger partial charge in [-0.1, -0.05) is 0 Å². The standard InChI is InChI=1S/C13H18N6O/c1-2-15-13(20)11-9-14-5-7-18(11)12-10-3-4-17-19(10)8-6-16-12/h3-4,6,8,11,14H,2,5,7,9H2,1H3,(H,15,20). The van der Waals surface area contributed by atoms with Crippen molar-refractivity contribution in [2.24, 2.45) is 0 Å². The van der Waals surface area contributed by atoms with E-state index in [1.807, 2.05) is 19.2 Å². The minimum atomic E-state index is -0.239. The van der Waals surface area contributed by atoms with Gasteiger partial charge in [-0.05, 0) is 13.0 Å². The second-order valence-electron chi connectivity index (χ2n) is 4.72. The van der Waals surface area contributed by atoms with Gasteiger partial charge in [0.1, 0.15) is 11.6 Å². The molecular weight excluding hydrogens is 256 g/mol. The fourth-order valence-electron chi connectivity index (χ4n) is 2.55. The van der Waals surface area contributed by atoms with Crippen LogP contribution in [0.1, 0.15) is 6.92 Å². The fraction of sp³-hybridized carbons (Fsp3) is 0.462. The van der Waals surface area contributed by atoms with Gasteiger partial charge in [0.2, 0.25) is 5.91 Å². The molecule has 1 amide bonds. The quantitative estimate of drug-likeness (QED) is 0.800. The summed E-state index contributed by atoms with van der Waals surface area (Å²) in [6, 6.07) is 1.68. The molecule has 1 aliphatic rings. The van der Waals surface area contributed by atoms with Crippen molar-refractivity contribution in [3.63, 3.8) is 0 Å². The molecule has 2 aromatic rings. The molecule has 1 atom stereocenters. The predicted octanol–water partition coefficient (Wildman–Crippen LogP) is -0.356. The largest absolute Gasteiger partial charge is 0.355 e.